The lowest BCUT2D eigenvalue weighted by atomic mass is 9.48. The average molecular weight is 417 g/mol. The first-order chi connectivity index (χ1) is 13.9. The minimum absolute atomic E-state index is 0.0848. The maximum absolute atomic E-state index is 12.9. The fraction of sp³-hybridized carbons (Fsp3) is 0.696. The molecule has 4 bridgehead atoms. The van der Waals surface area contributed by atoms with E-state index in [9.17, 15) is 13.2 Å². The highest BCUT2D eigenvalue weighted by Gasteiger charge is 2.53. The summed E-state index contributed by atoms with van der Waals surface area (Å²) in [5.41, 5.74) is 0.811. The van der Waals surface area contributed by atoms with E-state index in [0.717, 1.165) is 30.6 Å². The summed E-state index contributed by atoms with van der Waals surface area (Å²) in [6, 6.07) is 6.64. The Labute approximate surface area is 174 Å². The monoisotopic (exact) mass is 416 g/mol. The normalized spacial score (nSPS) is 35.0. The number of hydrogen-bond donors (Lipinski definition) is 1. The van der Waals surface area contributed by atoms with E-state index in [4.69, 9.17) is 0 Å². The number of carbonyl (C=O) groups excluding carboxylic acids is 1. The van der Waals surface area contributed by atoms with Crippen molar-refractivity contribution in [2.75, 3.05) is 13.1 Å². The van der Waals surface area contributed by atoms with Crippen LogP contribution in [0.3, 0.4) is 0 Å². The molecular formula is C23H32N2O3S. The van der Waals surface area contributed by atoms with E-state index in [-0.39, 0.29) is 22.3 Å². The van der Waals surface area contributed by atoms with Crippen LogP contribution in [-0.4, -0.2) is 37.8 Å². The molecule has 1 N–H and O–H groups in total. The van der Waals surface area contributed by atoms with E-state index >= 15 is 0 Å². The van der Waals surface area contributed by atoms with Gasteiger partial charge in [0.2, 0.25) is 10.0 Å². The summed E-state index contributed by atoms with van der Waals surface area (Å²) in [7, 11) is -3.43. The van der Waals surface area contributed by atoms with Crippen LogP contribution in [0.2, 0.25) is 0 Å². The number of amides is 1. The maximum Gasteiger partial charge on any atom is 0.251 e. The molecule has 29 heavy (non-hydrogen) atoms. The molecule has 4 aliphatic carbocycles. The number of benzene rings is 1. The van der Waals surface area contributed by atoms with Crippen LogP contribution in [0.5, 0.6) is 0 Å². The Bertz CT molecular complexity index is 852. The Morgan fingerprint density at radius 1 is 1.00 bits per heavy atom. The first-order valence-electron chi connectivity index (χ1n) is 11.3. The van der Waals surface area contributed by atoms with E-state index in [0.29, 0.717) is 18.7 Å². The zero-order chi connectivity index (χ0) is 20.2. The minimum Gasteiger partial charge on any atom is -0.349 e. The van der Waals surface area contributed by atoms with Crippen molar-refractivity contribution in [2.45, 2.75) is 69.2 Å². The number of nitrogens with one attached hydrogen (secondary N) is 1. The molecule has 1 aromatic carbocycles. The number of rotatable bonds is 5. The predicted molar refractivity (Wildman–Crippen MR) is 112 cm³/mol. The van der Waals surface area contributed by atoms with Crippen LogP contribution >= 0.6 is 0 Å². The first-order valence-corrected chi connectivity index (χ1v) is 12.7. The van der Waals surface area contributed by atoms with Crippen molar-refractivity contribution in [3.8, 4) is 0 Å². The van der Waals surface area contributed by atoms with Gasteiger partial charge in [0.05, 0.1) is 4.90 Å². The van der Waals surface area contributed by atoms with Gasteiger partial charge in [-0.05, 0) is 106 Å². The molecule has 4 saturated carbocycles. The van der Waals surface area contributed by atoms with Gasteiger partial charge in [-0.1, -0.05) is 0 Å². The standard InChI is InChI=1S/C23H32N2O3S/c1-16(23-13-17-10-18(14-23)12-19(11-17)15-23)24-22(26)20-4-6-21(7-5-20)29(27,28)25-8-2-3-9-25/h4-7,16-19H,2-3,8-15H2,1H3,(H,24,26)/t16-,17?,18?,19?,23?/m0/s1. The SMILES string of the molecule is C[C@H](NC(=O)c1ccc(S(=O)(=O)N2CCCC2)cc1)C12CC3CC(CC(C3)C1)C2. The second-order valence-electron chi connectivity index (χ2n) is 10.1. The Morgan fingerprint density at radius 2 is 1.52 bits per heavy atom. The van der Waals surface area contributed by atoms with Crippen LogP contribution in [0.1, 0.15) is 68.6 Å². The number of nitrogens with zero attached hydrogens (tertiary/aromatic N) is 1. The molecule has 5 aliphatic rings. The molecule has 1 heterocycles. The molecule has 0 radical (unpaired) electrons. The molecule has 1 aliphatic heterocycles. The highest BCUT2D eigenvalue weighted by atomic mass is 32.2. The number of hydrogen-bond acceptors (Lipinski definition) is 3. The van der Waals surface area contributed by atoms with E-state index in [1.165, 1.54) is 42.8 Å². The lowest BCUT2D eigenvalue weighted by molar-refractivity contribution is -0.0688. The second kappa shape index (κ2) is 7.09. The fourth-order valence-electron chi connectivity index (χ4n) is 7.00. The van der Waals surface area contributed by atoms with Crippen LogP contribution in [0.15, 0.2) is 29.2 Å². The van der Waals surface area contributed by atoms with Crippen molar-refractivity contribution in [1.29, 1.82) is 0 Å². The molecule has 6 rings (SSSR count). The number of carbonyl (C=O) groups is 1. The summed E-state index contributed by atoms with van der Waals surface area (Å²) in [6.45, 7) is 3.36. The second-order valence-corrected chi connectivity index (χ2v) is 12.0. The van der Waals surface area contributed by atoms with E-state index in [1.54, 1.807) is 24.3 Å². The van der Waals surface area contributed by atoms with Gasteiger partial charge in [-0.3, -0.25) is 4.79 Å². The lowest BCUT2D eigenvalue weighted by Crippen LogP contribution is -2.55. The summed E-state index contributed by atoms with van der Waals surface area (Å²) in [5.74, 6) is 2.49. The molecule has 6 heteroatoms. The van der Waals surface area contributed by atoms with Gasteiger partial charge in [0.15, 0.2) is 0 Å². The fourth-order valence-corrected chi connectivity index (χ4v) is 8.51. The topological polar surface area (TPSA) is 66.5 Å². The van der Waals surface area contributed by atoms with Gasteiger partial charge in [0.1, 0.15) is 0 Å². The van der Waals surface area contributed by atoms with Crippen LogP contribution in [-0.2, 0) is 10.0 Å². The molecule has 0 spiro atoms. The average Bonchev–Trinajstić information content (AvgIpc) is 3.23. The Morgan fingerprint density at radius 3 is 2.03 bits per heavy atom. The minimum atomic E-state index is -3.43. The summed E-state index contributed by atoms with van der Waals surface area (Å²) < 4.78 is 26.9. The molecule has 1 amide bonds. The van der Waals surface area contributed by atoms with Gasteiger partial charge in [0.25, 0.3) is 5.91 Å². The highest BCUT2D eigenvalue weighted by molar-refractivity contribution is 7.89. The van der Waals surface area contributed by atoms with Crippen molar-refractivity contribution < 1.29 is 13.2 Å². The van der Waals surface area contributed by atoms with Crippen molar-refractivity contribution in [3.05, 3.63) is 29.8 Å². The molecule has 5 nitrogen and oxygen atoms in total. The van der Waals surface area contributed by atoms with Gasteiger partial charge in [0, 0.05) is 24.7 Å². The third-order valence-electron chi connectivity index (χ3n) is 8.17. The summed E-state index contributed by atoms with van der Waals surface area (Å²) >= 11 is 0. The van der Waals surface area contributed by atoms with Gasteiger partial charge >= 0.3 is 0 Å². The Kier molecular flexibility index (Phi) is 4.78. The molecular weight excluding hydrogens is 384 g/mol. The zero-order valence-electron chi connectivity index (χ0n) is 17.3. The third kappa shape index (κ3) is 3.42. The van der Waals surface area contributed by atoms with Gasteiger partial charge in [-0.2, -0.15) is 4.31 Å². The summed E-state index contributed by atoms with van der Waals surface area (Å²) in [4.78, 5) is 13.2. The van der Waals surface area contributed by atoms with Crippen molar-refractivity contribution in [1.82, 2.24) is 9.62 Å². The van der Waals surface area contributed by atoms with Gasteiger partial charge < -0.3 is 5.32 Å². The van der Waals surface area contributed by atoms with Crippen LogP contribution in [0.4, 0.5) is 0 Å². The third-order valence-corrected chi connectivity index (χ3v) is 10.1. The van der Waals surface area contributed by atoms with Crippen LogP contribution in [0, 0.1) is 23.2 Å². The molecule has 1 atom stereocenters. The molecule has 158 valence electrons. The van der Waals surface area contributed by atoms with E-state index < -0.39 is 10.0 Å². The van der Waals surface area contributed by atoms with Gasteiger partial charge in [-0.25, -0.2) is 8.42 Å². The Balaban J connectivity index is 1.28. The van der Waals surface area contributed by atoms with Gasteiger partial charge in [-0.15, -0.1) is 0 Å². The molecule has 5 fully saturated rings. The summed E-state index contributed by atoms with van der Waals surface area (Å²) in [5, 5.41) is 3.27. The summed E-state index contributed by atoms with van der Waals surface area (Å²) in [6.07, 6.45) is 9.80. The van der Waals surface area contributed by atoms with Crippen molar-refractivity contribution >= 4 is 15.9 Å². The maximum atomic E-state index is 12.9. The van der Waals surface area contributed by atoms with E-state index in [1.807, 2.05) is 0 Å². The largest absolute Gasteiger partial charge is 0.349 e. The molecule has 1 aromatic rings. The first kappa shape index (κ1) is 19.6. The van der Waals surface area contributed by atoms with Crippen LogP contribution in [0.25, 0.3) is 0 Å². The lowest BCUT2D eigenvalue weighted by Gasteiger charge is -2.59. The van der Waals surface area contributed by atoms with Crippen molar-refractivity contribution in [2.24, 2.45) is 23.2 Å². The number of sulfonamides is 1. The van der Waals surface area contributed by atoms with E-state index in [2.05, 4.69) is 12.2 Å². The molecule has 1 saturated heterocycles. The van der Waals surface area contributed by atoms with Crippen LogP contribution < -0.4 is 5.32 Å². The highest BCUT2D eigenvalue weighted by Crippen LogP contribution is 2.61. The molecule has 0 aromatic heterocycles. The Hall–Kier alpha value is -1.40. The quantitative estimate of drug-likeness (QED) is 0.794. The van der Waals surface area contributed by atoms with Crippen molar-refractivity contribution in [3.63, 3.8) is 0 Å². The molecule has 0 unspecified atom stereocenters. The predicted octanol–water partition coefficient (Wildman–Crippen LogP) is 3.81. The smallest absolute Gasteiger partial charge is 0.251 e. The zero-order valence-corrected chi connectivity index (χ0v) is 18.1.